The van der Waals surface area contributed by atoms with Crippen molar-refractivity contribution < 1.29 is 9.53 Å². The number of nitrogens with zero attached hydrogens (tertiary/aromatic N) is 6. The van der Waals surface area contributed by atoms with Crippen LogP contribution in [0.25, 0.3) is 5.78 Å². The van der Waals surface area contributed by atoms with Gasteiger partial charge in [0.15, 0.2) is 0 Å². The van der Waals surface area contributed by atoms with Crippen LogP contribution in [0.4, 0.5) is 5.69 Å². The Morgan fingerprint density at radius 1 is 1.19 bits per heavy atom. The van der Waals surface area contributed by atoms with E-state index in [0.29, 0.717) is 18.9 Å². The summed E-state index contributed by atoms with van der Waals surface area (Å²) in [6, 6.07) is 7.96. The number of piperazine rings is 1. The van der Waals surface area contributed by atoms with E-state index >= 15 is 0 Å². The molecule has 26 heavy (non-hydrogen) atoms. The largest absolute Gasteiger partial charge is 0.497 e. The summed E-state index contributed by atoms with van der Waals surface area (Å²) >= 11 is 0. The van der Waals surface area contributed by atoms with E-state index in [1.807, 2.05) is 31.3 Å². The lowest BCUT2D eigenvalue weighted by molar-refractivity contribution is 0.0734. The highest BCUT2D eigenvalue weighted by Gasteiger charge is 2.25. The van der Waals surface area contributed by atoms with Crippen molar-refractivity contribution in [1.82, 2.24) is 24.5 Å². The second-order valence-electron chi connectivity index (χ2n) is 6.29. The molecule has 8 heteroatoms. The van der Waals surface area contributed by atoms with E-state index in [9.17, 15) is 4.79 Å². The highest BCUT2D eigenvalue weighted by Crippen LogP contribution is 2.22. The van der Waals surface area contributed by atoms with Crippen LogP contribution in [0.3, 0.4) is 0 Å². The molecule has 1 aromatic carbocycles. The Hall–Kier alpha value is -3.16. The van der Waals surface area contributed by atoms with Crippen LogP contribution in [0.1, 0.15) is 16.2 Å². The van der Waals surface area contributed by atoms with Gasteiger partial charge in [-0.2, -0.15) is 4.98 Å². The lowest BCUT2D eigenvalue weighted by atomic mass is 10.2. The minimum Gasteiger partial charge on any atom is -0.497 e. The smallest absolute Gasteiger partial charge is 0.293 e. The number of hydrogen-bond donors (Lipinski definition) is 0. The molecule has 1 fully saturated rings. The molecule has 3 aromatic rings. The summed E-state index contributed by atoms with van der Waals surface area (Å²) in [7, 11) is 1.66. The number of fused-ring (bicyclic) bond motifs is 1. The number of carbonyl (C=O) groups is 1. The van der Waals surface area contributed by atoms with Gasteiger partial charge in [0.2, 0.25) is 5.82 Å². The van der Waals surface area contributed by atoms with E-state index in [2.05, 4.69) is 26.0 Å². The minimum atomic E-state index is -0.154. The molecular weight excluding hydrogens is 332 g/mol. The molecule has 2 aromatic heterocycles. The third-order valence-electron chi connectivity index (χ3n) is 4.50. The van der Waals surface area contributed by atoms with E-state index in [1.165, 1.54) is 0 Å². The van der Waals surface area contributed by atoms with Gasteiger partial charge in [-0.25, -0.2) is 9.50 Å². The molecule has 4 rings (SSSR count). The Kier molecular flexibility index (Phi) is 4.16. The number of ether oxygens (including phenoxy) is 1. The van der Waals surface area contributed by atoms with Crippen molar-refractivity contribution in [3.63, 3.8) is 0 Å². The average Bonchev–Trinajstić information content (AvgIpc) is 3.10. The summed E-state index contributed by atoms with van der Waals surface area (Å²) in [5.41, 5.74) is 2.07. The predicted octanol–water partition coefficient (Wildman–Crippen LogP) is 1.40. The van der Waals surface area contributed by atoms with Gasteiger partial charge < -0.3 is 14.5 Å². The highest BCUT2D eigenvalue weighted by atomic mass is 16.5. The molecule has 134 valence electrons. The molecule has 0 bridgehead atoms. The molecule has 1 aliphatic rings. The van der Waals surface area contributed by atoms with Crippen molar-refractivity contribution in [3.05, 3.63) is 48.0 Å². The summed E-state index contributed by atoms with van der Waals surface area (Å²) in [4.78, 5) is 25.2. The molecule has 0 saturated carbocycles. The van der Waals surface area contributed by atoms with Gasteiger partial charge in [0.05, 0.1) is 7.11 Å². The second-order valence-corrected chi connectivity index (χ2v) is 6.29. The van der Waals surface area contributed by atoms with Gasteiger partial charge >= 0.3 is 0 Å². The van der Waals surface area contributed by atoms with Gasteiger partial charge in [0, 0.05) is 50.3 Å². The standard InChI is InChI=1S/C18H20N6O2/c1-13-11-19-18-20-16(21-24(18)12-13)17(25)23-8-6-22(7-9-23)14-4-3-5-15(10-14)26-2/h3-5,10-12H,6-9H2,1-2H3. The first kappa shape index (κ1) is 16.3. The Bertz CT molecular complexity index is 946. The van der Waals surface area contributed by atoms with Gasteiger partial charge in [-0.3, -0.25) is 4.79 Å². The topological polar surface area (TPSA) is 75.9 Å². The Morgan fingerprint density at radius 2 is 2.00 bits per heavy atom. The maximum absolute atomic E-state index is 12.7. The number of amides is 1. The zero-order valence-electron chi connectivity index (χ0n) is 14.8. The quantitative estimate of drug-likeness (QED) is 0.709. The fourth-order valence-electron chi connectivity index (χ4n) is 3.08. The maximum Gasteiger partial charge on any atom is 0.293 e. The maximum atomic E-state index is 12.7. The van der Waals surface area contributed by atoms with E-state index in [-0.39, 0.29) is 11.7 Å². The Labute approximate surface area is 151 Å². The zero-order chi connectivity index (χ0) is 18.1. The molecule has 0 radical (unpaired) electrons. The van der Waals surface area contributed by atoms with Crippen LogP contribution in [-0.4, -0.2) is 63.7 Å². The Morgan fingerprint density at radius 3 is 2.77 bits per heavy atom. The van der Waals surface area contributed by atoms with Crippen molar-refractivity contribution in [2.75, 3.05) is 38.2 Å². The summed E-state index contributed by atoms with van der Waals surface area (Å²) in [6.07, 6.45) is 3.53. The lowest BCUT2D eigenvalue weighted by Gasteiger charge is -2.35. The average molecular weight is 352 g/mol. The van der Waals surface area contributed by atoms with Crippen LogP contribution in [0, 0.1) is 6.92 Å². The van der Waals surface area contributed by atoms with Crippen molar-refractivity contribution in [2.45, 2.75) is 6.92 Å². The van der Waals surface area contributed by atoms with Gasteiger partial charge in [-0.15, -0.1) is 5.10 Å². The second kappa shape index (κ2) is 6.62. The Balaban J connectivity index is 1.45. The van der Waals surface area contributed by atoms with E-state index < -0.39 is 0 Å². The van der Waals surface area contributed by atoms with E-state index in [1.54, 1.807) is 22.7 Å². The van der Waals surface area contributed by atoms with Gasteiger partial charge in [-0.05, 0) is 24.6 Å². The molecule has 0 aliphatic carbocycles. The molecule has 0 spiro atoms. The third-order valence-corrected chi connectivity index (χ3v) is 4.50. The summed E-state index contributed by atoms with van der Waals surface area (Å²) in [5.74, 6) is 1.31. The number of anilines is 1. The fourth-order valence-corrected chi connectivity index (χ4v) is 3.08. The van der Waals surface area contributed by atoms with Crippen LogP contribution in [0.2, 0.25) is 0 Å². The number of methoxy groups -OCH3 is 1. The van der Waals surface area contributed by atoms with Crippen LogP contribution >= 0.6 is 0 Å². The van der Waals surface area contributed by atoms with Crippen molar-refractivity contribution >= 4 is 17.4 Å². The minimum absolute atomic E-state index is 0.154. The van der Waals surface area contributed by atoms with E-state index in [0.717, 1.165) is 30.1 Å². The molecular formula is C18H20N6O2. The first-order chi connectivity index (χ1) is 12.6. The van der Waals surface area contributed by atoms with Crippen LogP contribution < -0.4 is 9.64 Å². The van der Waals surface area contributed by atoms with Crippen molar-refractivity contribution in [2.24, 2.45) is 0 Å². The fraction of sp³-hybridized carbons (Fsp3) is 0.333. The first-order valence-corrected chi connectivity index (χ1v) is 8.51. The van der Waals surface area contributed by atoms with Gasteiger partial charge in [-0.1, -0.05) is 6.07 Å². The molecule has 0 unspecified atom stereocenters. The molecule has 3 heterocycles. The molecule has 0 atom stereocenters. The van der Waals surface area contributed by atoms with Crippen LogP contribution in [0.15, 0.2) is 36.7 Å². The third kappa shape index (κ3) is 3.05. The molecule has 1 aliphatic heterocycles. The molecule has 1 saturated heterocycles. The number of benzene rings is 1. The summed E-state index contributed by atoms with van der Waals surface area (Å²) in [6.45, 7) is 4.68. The molecule has 0 N–H and O–H groups in total. The predicted molar refractivity (Wildman–Crippen MR) is 96.6 cm³/mol. The van der Waals surface area contributed by atoms with Gasteiger partial charge in [0.1, 0.15) is 5.75 Å². The number of rotatable bonds is 3. The number of carbonyl (C=O) groups excluding carboxylic acids is 1. The van der Waals surface area contributed by atoms with Crippen molar-refractivity contribution in [1.29, 1.82) is 0 Å². The van der Waals surface area contributed by atoms with Crippen LogP contribution in [-0.2, 0) is 0 Å². The number of aryl methyl sites for hydroxylation is 1. The molecule has 1 amide bonds. The number of hydrogen-bond acceptors (Lipinski definition) is 6. The zero-order valence-corrected chi connectivity index (χ0v) is 14.8. The lowest BCUT2D eigenvalue weighted by Crippen LogP contribution is -2.49. The number of aromatic nitrogens is 4. The summed E-state index contributed by atoms with van der Waals surface area (Å²) in [5, 5.41) is 4.27. The highest BCUT2D eigenvalue weighted by molar-refractivity contribution is 5.91. The van der Waals surface area contributed by atoms with Crippen molar-refractivity contribution in [3.8, 4) is 5.75 Å². The van der Waals surface area contributed by atoms with Gasteiger partial charge in [0.25, 0.3) is 11.7 Å². The normalized spacial score (nSPS) is 14.7. The SMILES string of the molecule is COc1cccc(N2CCN(C(=O)c3nc4ncc(C)cn4n3)CC2)c1. The van der Waals surface area contributed by atoms with Crippen LogP contribution in [0.5, 0.6) is 5.75 Å². The monoisotopic (exact) mass is 352 g/mol. The summed E-state index contributed by atoms with van der Waals surface area (Å²) < 4.78 is 6.83. The molecule has 8 nitrogen and oxygen atoms in total. The van der Waals surface area contributed by atoms with E-state index in [4.69, 9.17) is 4.74 Å². The first-order valence-electron chi connectivity index (χ1n) is 8.51.